The fraction of sp³-hybridized carbons (Fsp3) is 0.278. The van der Waals surface area contributed by atoms with Gasteiger partial charge in [0.2, 0.25) is 5.95 Å². The molecule has 0 saturated heterocycles. The predicted octanol–water partition coefficient (Wildman–Crippen LogP) is 3.41. The van der Waals surface area contributed by atoms with E-state index in [1.54, 1.807) is 6.92 Å². The molecule has 154 valence electrons. The van der Waals surface area contributed by atoms with E-state index >= 15 is 0 Å². The Morgan fingerprint density at radius 3 is 2.52 bits per heavy atom. The highest BCUT2D eigenvalue weighted by Crippen LogP contribution is 2.23. The lowest BCUT2D eigenvalue weighted by Crippen LogP contribution is -2.17. The maximum Gasteiger partial charge on any atom is 0.257 e. The van der Waals surface area contributed by atoms with Gasteiger partial charge in [-0.2, -0.15) is 10.1 Å². The second-order valence-electron chi connectivity index (χ2n) is 6.27. The summed E-state index contributed by atoms with van der Waals surface area (Å²) in [5.74, 6) is -1.05. The van der Waals surface area contributed by atoms with Crippen molar-refractivity contribution in [2.24, 2.45) is 0 Å². The van der Waals surface area contributed by atoms with Crippen LogP contribution >= 0.6 is 0 Å². The Balaban J connectivity index is 1.78. The van der Waals surface area contributed by atoms with E-state index in [1.165, 1.54) is 18.6 Å². The first kappa shape index (κ1) is 20.5. The van der Waals surface area contributed by atoms with Gasteiger partial charge < -0.3 is 15.7 Å². The van der Waals surface area contributed by atoms with Crippen LogP contribution < -0.4 is 10.6 Å². The first-order valence-corrected chi connectivity index (χ1v) is 8.58. The molecule has 1 atom stereocenters. The molecule has 3 aromatic rings. The summed E-state index contributed by atoms with van der Waals surface area (Å²) in [7, 11) is 0. The van der Waals surface area contributed by atoms with Crippen molar-refractivity contribution in [1.29, 1.82) is 0 Å². The molecule has 7 nitrogen and oxygen atoms in total. The SMILES string of the molecule is Cc1cnc(Nc2cnn(CC(F)F)c2)nc1NC(CO)c1cc(F)cc(F)c1. The van der Waals surface area contributed by atoms with Crippen LogP contribution in [0.5, 0.6) is 0 Å². The number of nitrogens with one attached hydrogen (secondary N) is 2. The molecule has 2 heterocycles. The molecular weight excluding hydrogens is 392 g/mol. The molecule has 0 radical (unpaired) electrons. The second kappa shape index (κ2) is 8.86. The smallest absolute Gasteiger partial charge is 0.257 e. The third-order valence-electron chi connectivity index (χ3n) is 3.97. The van der Waals surface area contributed by atoms with Crippen LogP contribution in [0, 0.1) is 18.6 Å². The Kier molecular flexibility index (Phi) is 6.27. The number of hydrogen-bond acceptors (Lipinski definition) is 6. The minimum Gasteiger partial charge on any atom is -0.394 e. The molecule has 0 saturated carbocycles. The van der Waals surface area contributed by atoms with Gasteiger partial charge in [-0.1, -0.05) is 0 Å². The summed E-state index contributed by atoms with van der Waals surface area (Å²) in [6.07, 6.45) is 1.71. The molecule has 0 bridgehead atoms. The Bertz CT molecular complexity index is 960. The van der Waals surface area contributed by atoms with E-state index in [0.29, 0.717) is 17.1 Å². The number of benzene rings is 1. The highest BCUT2D eigenvalue weighted by atomic mass is 19.3. The Morgan fingerprint density at radius 2 is 1.86 bits per heavy atom. The number of alkyl halides is 2. The zero-order chi connectivity index (χ0) is 21.0. The van der Waals surface area contributed by atoms with Gasteiger partial charge in [-0.25, -0.2) is 22.5 Å². The highest BCUT2D eigenvalue weighted by molar-refractivity contribution is 5.55. The van der Waals surface area contributed by atoms with Gasteiger partial charge in [-0.05, 0) is 24.6 Å². The number of nitrogens with zero attached hydrogens (tertiary/aromatic N) is 4. The predicted molar refractivity (Wildman–Crippen MR) is 98.1 cm³/mol. The van der Waals surface area contributed by atoms with Crippen molar-refractivity contribution >= 4 is 17.5 Å². The first-order valence-electron chi connectivity index (χ1n) is 8.58. The molecule has 0 aliphatic heterocycles. The van der Waals surface area contributed by atoms with Crippen molar-refractivity contribution in [3.8, 4) is 0 Å². The number of aliphatic hydroxyl groups excluding tert-OH is 1. The maximum absolute atomic E-state index is 13.5. The van der Waals surface area contributed by atoms with E-state index in [0.717, 1.165) is 22.9 Å². The van der Waals surface area contributed by atoms with Gasteiger partial charge >= 0.3 is 0 Å². The monoisotopic (exact) mass is 410 g/mol. The van der Waals surface area contributed by atoms with E-state index < -0.39 is 37.3 Å². The largest absolute Gasteiger partial charge is 0.394 e. The van der Waals surface area contributed by atoms with Crippen LogP contribution in [0.2, 0.25) is 0 Å². The molecule has 3 N–H and O–H groups in total. The quantitative estimate of drug-likeness (QED) is 0.494. The Labute approximate surface area is 163 Å². The van der Waals surface area contributed by atoms with Crippen molar-refractivity contribution in [3.05, 3.63) is 59.6 Å². The third kappa shape index (κ3) is 5.41. The molecule has 0 amide bonds. The number of hydrogen-bond donors (Lipinski definition) is 3. The van der Waals surface area contributed by atoms with Crippen molar-refractivity contribution < 1.29 is 22.7 Å². The van der Waals surface area contributed by atoms with Crippen molar-refractivity contribution in [2.75, 3.05) is 17.2 Å². The van der Waals surface area contributed by atoms with Crippen molar-refractivity contribution in [2.45, 2.75) is 25.9 Å². The number of halogens is 4. The highest BCUT2D eigenvalue weighted by Gasteiger charge is 2.16. The molecule has 3 rings (SSSR count). The minimum atomic E-state index is -2.53. The second-order valence-corrected chi connectivity index (χ2v) is 6.27. The standard InChI is InChI=1S/C18H18F4N6O/c1-10-5-23-18(25-14-6-24-28(7-14)8-16(21)22)27-17(10)26-15(9-29)11-2-12(19)4-13(20)3-11/h2-7,15-16,29H,8-9H2,1H3,(H2,23,25,26,27). The van der Waals surface area contributed by atoms with Gasteiger partial charge in [-0.3, -0.25) is 4.68 Å². The van der Waals surface area contributed by atoms with Crippen LogP contribution in [0.15, 0.2) is 36.8 Å². The summed E-state index contributed by atoms with van der Waals surface area (Å²) in [5, 5.41) is 19.2. The van der Waals surface area contributed by atoms with Crippen molar-refractivity contribution in [1.82, 2.24) is 19.7 Å². The van der Waals surface area contributed by atoms with Crippen LogP contribution in [0.4, 0.5) is 35.0 Å². The normalized spacial score (nSPS) is 12.2. The average molecular weight is 410 g/mol. The van der Waals surface area contributed by atoms with Crippen LogP contribution in [-0.2, 0) is 6.54 Å². The molecule has 1 aromatic carbocycles. The summed E-state index contributed by atoms with van der Waals surface area (Å²) < 4.78 is 52.9. The number of anilines is 3. The van der Waals surface area contributed by atoms with E-state index in [-0.39, 0.29) is 11.5 Å². The molecule has 0 fully saturated rings. The number of aromatic nitrogens is 4. The zero-order valence-electron chi connectivity index (χ0n) is 15.3. The number of aliphatic hydroxyl groups is 1. The van der Waals surface area contributed by atoms with Gasteiger partial charge in [0.1, 0.15) is 24.0 Å². The lowest BCUT2D eigenvalue weighted by Gasteiger charge is -2.19. The zero-order valence-corrected chi connectivity index (χ0v) is 15.3. The fourth-order valence-corrected chi connectivity index (χ4v) is 2.62. The van der Waals surface area contributed by atoms with E-state index in [1.807, 2.05) is 0 Å². The Morgan fingerprint density at radius 1 is 1.14 bits per heavy atom. The Hall–Kier alpha value is -3.21. The molecular formula is C18H18F4N6O. The van der Waals surface area contributed by atoms with E-state index in [9.17, 15) is 22.7 Å². The summed E-state index contributed by atoms with van der Waals surface area (Å²) in [6, 6.07) is 2.16. The molecule has 0 aliphatic rings. The molecule has 11 heteroatoms. The minimum absolute atomic E-state index is 0.150. The van der Waals surface area contributed by atoms with Crippen LogP contribution in [-0.4, -0.2) is 37.9 Å². The number of rotatable bonds is 8. The molecule has 0 aliphatic carbocycles. The summed E-state index contributed by atoms with van der Waals surface area (Å²) in [5.41, 5.74) is 1.25. The van der Waals surface area contributed by atoms with Crippen molar-refractivity contribution in [3.63, 3.8) is 0 Å². The summed E-state index contributed by atoms with van der Waals surface area (Å²) >= 11 is 0. The van der Waals surface area contributed by atoms with Crippen LogP contribution in [0.3, 0.4) is 0 Å². The van der Waals surface area contributed by atoms with Gasteiger partial charge in [0.15, 0.2) is 0 Å². The van der Waals surface area contributed by atoms with E-state index in [4.69, 9.17) is 0 Å². The van der Waals surface area contributed by atoms with Gasteiger partial charge in [-0.15, -0.1) is 0 Å². The molecule has 2 aromatic heterocycles. The lowest BCUT2D eigenvalue weighted by molar-refractivity contribution is 0.122. The molecule has 0 spiro atoms. The number of aryl methyl sites for hydroxylation is 1. The van der Waals surface area contributed by atoms with Gasteiger partial charge in [0, 0.05) is 24.0 Å². The molecule has 1 unspecified atom stereocenters. The molecule has 29 heavy (non-hydrogen) atoms. The first-order chi connectivity index (χ1) is 13.8. The average Bonchev–Trinajstić information content (AvgIpc) is 3.07. The van der Waals surface area contributed by atoms with Crippen LogP contribution in [0.1, 0.15) is 17.2 Å². The maximum atomic E-state index is 13.5. The van der Waals surface area contributed by atoms with Gasteiger partial charge in [0.25, 0.3) is 6.43 Å². The lowest BCUT2D eigenvalue weighted by atomic mass is 10.1. The fourth-order valence-electron chi connectivity index (χ4n) is 2.62. The summed E-state index contributed by atoms with van der Waals surface area (Å²) in [6.45, 7) is 0.745. The third-order valence-corrected chi connectivity index (χ3v) is 3.97. The van der Waals surface area contributed by atoms with E-state index in [2.05, 4.69) is 25.7 Å². The topological polar surface area (TPSA) is 87.9 Å². The summed E-state index contributed by atoms with van der Waals surface area (Å²) in [4.78, 5) is 8.39. The van der Waals surface area contributed by atoms with Gasteiger partial charge in [0.05, 0.1) is 24.5 Å². The van der Waals surface area contributed by atoms with Crippen LogP contribution in [0.25, 0.3) is 0 Å².